The number of hydrogen-bond donors (Lipinski definition) is 1. The minimum absolute atomic E-state index is 0.768. The summed E-state index contributed by atoms with van der Waals surface area (Å²) in [5.74, 6) is 0. The molecule has 0 aliphatic heterocycles. The van der Waals surface area contributed by atoms with Crippen LogP contribution in [0.2, 0.25) is 0 Å². The summed E-state index contributed by atoms with van der Waals surface area (Å²) in [5, 5.41) is 0. The van der Waals surface area contributed by atoms with Gasteiger partial charge in [0.25, 0.3) is 0 Å². The van der Waals surface area contributed by atoms with Crippen molar-refractivity contribution in [2.75, 3.05) is 0 Å². The third-order valence-corrected chi connectivity index (χ3v) is 2.34. The van der Waals surface area contributed by atoms with Crippen LogP contribution in [0.5, 0.6) is 0 Å². The number of H-pyrrole nitrogens is 1. The highest BCUT2D eigenvalue weighted by molar-refractivity contribution is 7.73. The minimum Gasteiger partial charge on any atom is -0.337 e. The number of nitrogens with one attached hydrogen (secondary N) is 1. The first-order valence-corrected chi connectivity index (χ1v) is 4.98. The van der Waals surface area contributed by atoms with Gasteiger partial charge in [-0.3, -0.25) is 0 Å². The SMILES string of the molecule is C=Cc1[nH]c(=S)sc1C=C.CC. The van der Waals surface area contributed by atoms with Crippen LogP contribution in [-0.2, 0) is 0 Å². The molecule has 1 heterocycles. The highest BCUT2D eigenvalue weighted by Crippen LogP contribution is 2.16. The Balaban J connectivity index is 0.000000561. The van der Waals surface area contributed by atoms with E-state index in [9.17, 15) is 0 Å². The normalized spacial score (nSPS) is 8.17. The van der Waals surface area contributed by atoms with Crippen molar-refractivity contribution < 1.29 is 0 Å². The largest absolute Gasteiger partial charge is 0.337 e. The van der Waals surface area contributed by atoms with Crippen molar-refractivity contribution in [1.82, 2.24) is 4.98 Å². The van der Waals surface area contributed by atoms with Crippen LogP contribution in [0.1, 0.15) is 24.4 Å². The fourth-order valence-corrected chi connectivity index (χ4v) is 1.72. The van der Waals surface area contributed by atoms with Crippen LogP contribution >= 0.6 is 23.6 Å². The number of rotatable bonds is 2. The molecule has 1 N–H and O–H groups in total. The molecule has 0 spiro atoms. The standard InChI is InChI=1S/C7H7NS2.C2H6/c1-3-5-6(4-2)10-7(9)8-5;1-2/h3-4H,1-2H2,(H,8,9);1-2H3. The Morgan fingerprint density at radius 2 is 1.92 bits per heavy atom. The van der Waals surface area contributed by atoms with Crippen LogP contribution in [0.3, 0.4) is 0 Å². The first-order chi connectivity index (χ1) is 5.77. The predicted octanol–water partition coefficient (Wildman–Crippen LogP) is 4.12. The predicted molar refractivity (Wildman–Crippen MR) is 61.0 cm³/mol. The second-order valence-electron chi connectivity index (χ2n) is 1.70. The van der Waals surface area contributed by atoms with Crippen molar-refractivity contribution in [2.24, 2.45) is 0 Å². The second-order valence-corrected chi connectivity index (χ2v) is 3.42. The summed E-state index contributed by atoms with van der Waals surface area (Å²) in [6.45, 7) is 11.3. The van der Waals surface area contributed by atoms with E-state index >= 15 is 0 Å². The van der Waals surface area contributed by atoms with E-state index in [1.54, 1.807) is 12.2 Å². The minimum atomic E-state index is 0.768. The van der Waals surface area contributed by atoms with Crippen LogP contribution in [0.25, 0.3) is 12.2 Å². The van der Waals surface area contributed by atoms with Crippen molar-refractivity contribution >= 4 is 35.7 Å². The van der Waals surface area contributed by atoms with Crippen LogP contribution in [-0.4, -0.2) is 4.98 Å². The zero-order chi connectivity index (χ0) is 9.56. The molecule has 0 radical (unpaired) electrons. The molecular formula is C9H13NS2. The Morgan fingerprint density at radius 1 is 1.33 bits per heavy atom. The van der Waals surface area contributed by atoms with E-state index in [-0.39, 0.29) is 0 Å². The zero-order valence-corrected chi connectivity index (χ0v) is 9.02. The maximum absolute atomic E-state index is 4.92. The maximum atomic E-state index is 4.92. The number of thiazole rings is 1. The van der Waals surface area contributed by atoms with E-state index in [2.05, 4.69) is 18.1 Å². The van der Waals surface area contributed by atoms with Crippen LogP contribution < -0.4 is 0 Å². The molecular weight excluding hydrogens is 186 g/mol. The Morgan fingerprint density at radius 3 is 2.25 bits per heavy atom. The summed E-state index contributed by atoms with van der Waals surface area (Å²) in [7, 11) is 0. The lowest BCUT2D eigenvalue weighted by molar-refractivity contribution is 1.36. The van der Waals surface area contributed by atoms with Gasteiger partial charge in [0.2, 0.25) is 0 Å². The maximum Gasteiger partial charge on any atom is 0.159 e. The van der Waals surface area contributed by atoms with Gasteiger partial charge in [-0.25, -0.2) is 0 Å². The van der Waals surface area contributed by atoms with Gasteiger partial charge in [-0.15, -0.1) is 11.3 Å². The third kappa shape index (κ3) is 2.75. The first kappa shape index (κ1) is 11.3. The molecule has 0 saturated carbocycles. The summed E-state index contributed by atoms with van der Waals surface area (Å²) < 4.78 is 0.768. The lowest BCUT2D eigenvalue weighted by Crippen LogP contribution is -1.70. The summed E-state index contributed by atoms with van der Waals surface area (Å²) in [4.78, 5) is 4.04. The van der Waals surface area contributed by atoms with Crippen molar-refractivity contribution in [3.8, 4) is 0 Å². The first-order valence-electron chi connectivity index (χ1n) is 3.76. The fraction of sp³-hybridized carbons (Fsp3) is 0.222. The van der Waals surface area contributed by atoms with Gasteiger partial charge in [0.15, 0.2) is 3.95 Å². The molecule has 1 nitrogen and oxygen atoms in total. The number of hydrogen-bond acceptors (Lipinski definition) is 2. The number of aromatic nitrogens is 1. The molecule has 0 unspecified atom stereocenters. The van der Waals surface area contributed by atoms with Crippen LogP contribution in [0.4, 0.5) is 0 Å². The Hall–Kier alpha value is -0.670. The molecule has 66 valence electrons. The average Bonchev–Trinajstić information content (AvgIpc) is 2.49. The molecule has 0 aromatic carbocycles. The van der Waals surface area contributed by atoms with Gasteiger partial charge in [-0.05, 0) is 24.4 Å². The van der Waals surface area contributed by atoms with E-state index in [1.807, 2.05) is 13.8 Å². The second kappa shape index (κ2) is 5.91. The molecule has 0 amide bonds. The summed E-state index contributed by atoms with van der Waals surface area (Å²) in [6, 6.07) is 0. The quantitative estimate of drug-likeness (QED) is 0.708. The van der Waals surface area contributed by atoms with Gasteiger partial charge in [0.05, 0.1) is 10.6 Å². The molecule has 0 atom stereocenters. The monoisotopic (exact) mass is 199 g/mol. The third-order valence-electron chi connectivity index (χ3n) is 1.09. The smallest absolute Gasteiger partial charge is 0.159 e. The highest BCUT2D eigenvalue weighted by Gasteiger charge is 1.96. The molecule has 0 bridgehead atoms. The topological polar surface area (TPSA) is 15.8 Å². The molecule has 3 heteroatoms. The molecule has 0 aliphatic carbocycles. The van der Waals surface area contributed by atoms with Gasteiger partial charge >= 0.3 is 0 Å². The van der Waals surface area contributed by atoms with Crippen molar-refractivity contribution in [1.29, 1.82) is 0 Å². The summed E-state index contributed by atoms with van der Waals surface area (Å²) in [6.07, 6.45) is 3.51. The van der Waals surface area contributed by atoms with Gasteiger partial charge in [-0.2, -0.15) is 0 Å². The molecule has 0 aliphatic rings. The van der Waals surface area contributed by atoms with Crippen molar-refractivity contribution in [3.63, 3.8) is 0 Å². The van der Waals surface area contributed by atoms with Crippen LogP contribution in [0.15, 0.2) is 13.2 Å². The lowest BCUT2D eigenvalue weighted by atomic mass is 10.3. The Labute approximate surface area is 82.5 Å². The zero-order valence-electron chi connectivity index (χ0n) is 7.39. The van der Waals surface area contributed by atoms with Gasteiger partial charge < -0.3 is 4.98 Å². The van der Waals surface area contributed by atoms with Gasteiger partial charge in [-0.1, -0.05) is 27.0 Å². The molecule has 12 heavy (non-hydrogen) atoms. The molecule has 1 aromatic heterocycles. The highest BCUT2D eigenvalue weighted by atomic mass is 32.1. The summed E-state index contributed by atoms with van der Waals surface area (Å²) in [5.41, 5.74) is 0.963. The molecule has 0 saturated heterocycles. The Kier molecular flexibility index (Phi) is 5.58. The van der Waals surface area contributed by atoms with E-state index in [4.69, 9.17) is 12.2 Å². The van der Waals surface area contributed by atoms with Crippen molar-refractivity contribution in [3.05, 3.63) is 27.7 Å². The number of aromatic amines is 1. The molecule has 0 fully saturated rings. The average molecular weight is 199 g/mol. The summed E-state index contributed by atoms with van der Waals surface area (Å²) >= 11 is 6.43. The van der Waals surface area contributed by atoms with E-state index in [0.717, 1.165) is 14.5 Å². The lowest BCUT2D eigenvalue weighted by Gasteiger charge is -1.84. The van der Waals surface area contributed by atoms with Crippen LogP contribution in [0, 0.1) is 3.95 Å². The van der Waals surface area contributed by atoms with E-state index in [1.165, 1.54) is 11.3 Å². The van der Waals surface area contributed by atoms with E-state index in [0.29, 0.717) is 0 Å². The van der Waals surface area contributed by atoms with E-state index < -0.39 is 0 Å². The molecule has 1 rings (SSSR count). The van der Waals surface area contributed by atoms with Gasteiger partial charge in [0.1, 0.15) is 0 Å². The molecule has 1 aromatic rings. The Bertz CT molecular complexity index is 278. The van der Waals surface area contributed by atoms with Gasteiger partial charge in [0, 0.05) is 0 Å². The van der Waals surface area contributed by atoms with Crippen molar-refractivity contribution in [2.45, 2.75) is 13.8 Å². The fourth-order valence-electron chi connectivity index (χ4n) is 0.655.